The molecule has 33 heavy (non-hydrogen) atoms. The zero-order valence-corrected chi connectivity index (χ0v) is 20.1. The van der Waals surface area contributed by atoms with Crippen LogP contribution in [0.25, 0.3) is 0 Å². The fourth-order valence-electron chi connectivity index (χ4n) is 3.79. The number of hydrogen-bond donors (Lipinski definition) is 1. The minimum atomic E-state index is -4.00. The Bertz CT molecular complexity index is 1080. The monoisotopic (exact) mass is 478 g/mol. The molecule has 1 atom stereocenters. The molecule has 1 aliphatic heterocycles. The number of ether oxygens (including phenoxy) is 2. The average molecular weight is 479 g/mol. The van der Waals surface area contributed by atoms with Gasteiger partial charge in [0.2, 0.25) is 10.0 Å². The summed E-state index contributed by atoms with van der Waals surface area (Å²) in [4.78, 5) is 12.4. The van der Waals surface area contributed by atoms with Gasteiger partial charge in [-0.3, -0.25) is 4.79 Å². The van der Waals surface area contributed by atoms with Crippen LogP contribution in [0.15, 0.2) is 41.3 Å². The van der Waals surface area contributed by atoms with E-state index in [0.717, 1.165) is 37.0 Å². The molecule has 3 rings (SSSR count). The van der Waals surface area contributed by atoms with Crippen molar-refractivity contribution < 1.29 is 27.1 Å². The molecule has 2 aromatic carbocycles. The van der Waals surface area contributed by atoms with Crippen molar-refractivity contribution in [2.24, 2.45) is 0 Å². The van der Waals surface area contributed by atoms with Crippen molar-refractivity contribution in [3.63, 3.8) is 0 Å². The number of halogens is 1. The van der Waals surface area contributed by atoms with E-state index in [0.29, 0.717) is 37.8 Å². The SMILES string of the molecule is CCOc1ccc([C@H](C)NC(=O)c2ccc(F)c(S(=O)(=O)N3CCCCC3)c2)cc1OCC. The third-order valence-corrected chi connectivity index (χ3v) is 7.45. The minimum absolute atomic E-state index is 0.0785. The second-order valence-corrected chi connectivity index (χ2v) is 9.78. The number of nitrogens with zero attached hydrogens (tertiary/aromatic N) is 1. The van der Waals surface area contributed by atoms with Crippen molar-refractivity contribution in [3.05, 3.63) is 53.3 Å². The number of piperidine rings is 1. The number of benzene rings is 2. The highest BCUT2D eigenvalue weighted by Crippen LogP contribution is 2.31. The number of rotatable bonds is 9. The molecule has 2 aromatic rings. The molecule has 1 amide bonds. The van der Waals surface area contributed by atoms with E-state index in [9.17, 15) is 17.6 Å². The van der Waals surface area contributed by atoms with Crippen molar-refractivity contribution in [3.8, 4) is 11.5 Å². The van der Waals surface area contributed by atoms with E-state index in [1.807, 2.05) is 19.9 Å². The highest BCUT2D eigenvalue weighted by molar-refractivity contribution is 7.89. The van der Waals surface area contributed by atoms with Crippen LogP contribution >= 0.6 is 0 Å². The van der Waals surface area contributed by atoms with Gasteiger partial charge in [-0.1, -0.05) is 12.5 Å². The van der Waals surface area contributed by atoms with Gasteiger partial charge in [-0.2, -0.15) is 4.31 Å². The van der Waals surface area contributed by atoms with Gasteiger partial charge in [0.25, 0.3) is 5.91 Å². The van der Waals surface area contributed by atoms with Crippen LogP contribution in [0.5, 0.6) is 11.5 Å². The average Bonchev–Trinajstić information content (AvgIpc) is 2.81. The normalized spacial score (nSPS) is 15.6. The molecule has 7 nitrogen and oxygen atoms in total. The predicted octanol–water partition coefficient (Wildman–Crippen LogP) is 4.29. The highest BCUT2D eigenvalue weighted by atomic mass is 32.2. The molecule has 1 heterocycles. The van der Waals surface area contributed by atoms with Crippen LogP contribution in [0.3, 0.4) is 0 Å². The number of nitrogens with one attached hydrogen (secondary N) is 1. The summed E-state index contributed by atoms with van der Waals surface area (Å²) < 4.78 is 52.8. The lowest BCUT2D eigenvalue weighted by atomic mass is 10.1. The Morgan fingerprint density at radius 1 is 1.03 bits per heavy atom. The van der Waals surface area contributed by atoms with Gasteiger partial charge in [-0.15, -0.1) is 0 Å². The first-order valence-electron chi connectivity index (χ1n) is 11.3. The van der Waals surface area contributed by atoms with E-state index >= 15 is 0 Å². The van der Waals surface area contributed by atoms with Crippen LogP contribution in [0, 0.1) is 5.82 Å². The summed E-state index contributed by atoms with van der Waals surface area (Å²) in [5.41, 5.74) is 0.869. The van der Waals surface area contributed by atoms with E-state index < -0.39 is 32.7 Å². The first kappa shape index (κ1) is 25.0. The van der Waals surface area contributed by atoms with Crippen molar-refractivity contribution in [2.45, 2.75) is 51.0 Å². The largest absolute Gasteiger partial charge is 0.490 e. The molecule has 0 aliphatic carbocycles. The summed E-state index contributed by atoms with van der Waals surface area (Å²) in [6.45, 7) is 7.24. The maximum Gasteiger partial charge on any atom is 0.251 e. The molecule has 0 saturated carbocycles. The molecule has 9 heteroatoms. The molecule has 1 saturated heterocycles. The predicted molar refractivity (Wildman–Crippen MR) is 124 cm³/mol. The lowest BCUT2D eigenvalue weighted by Crippen LogP contribution is -2.36. The summed E-state index contributed by atoms with van der Waals surface area (Å²) in [5.74, 6) is -0.162. The fourth-order valence-corrected chi connectivity index (χ4v) is 5.39. The Morgan fingerprint density at radius 3 is 2.36 bits per heavy atom. The molecule has 180 valence electrons. The van der Waals surface area contributed by atoms with E-state index in [2.05, 4.69) is 5.32 Å². The van der Waals surface area contributed by atoms with Gasteiger partial charge in [0.1, 0.15) is 10.7 Å². The first-order chi connectivity index (χ1) is 15.8. The zero-order chi connectivity index (χ0) is 24.0. The molecule has 0 aromatic heterocycles. The third kappa shape index (κ3) is 5.83. The quantitative estimate of drug-likeness (QED) is 0.581. The van der Waals surface area contributed by atoms with Crippen LogP contribution in [-0.2, 0) is 10.0 Å². The lowest BCUT2D eigenvalue weighted by molar-refractivity contribution is 0.0939. The first-order valence-corrected chi connectivity index (χ1v) is 12.7. The standard InChI is InChI=1S/C24H31FN2O5S/c1-4-31-21-12-10-18(15-22(21)32-5-2)17(3)26-24(28)19-9-11-20(25)23(16-19)33(29,30)27-13-7-6-8-14-27/h9-12,15-17H,4-8,13-14H2,1-3H3,(H,26,28)/t17-/m0/s1. The highest BCUT2D eigenvalue weighted by Gasteiger charge is 2.29. The summed E-state index contributed by atoms with van der Waals surface area (Å²) in [5, 5.41) is 2.84. The number of amides is 1. The van der Waals surface area contributed by atoms with Crippen molar-refractivity contribution >= 4 is 15.9 Å². The number of sulfonamides is 1. The number of hydrogen-bond acceptors (Lipinski definition) is 5. The number of carbonyl (C=O) groups excluding carboxylic acids is 1. The van der Waals surface area contributed by atoms with Crippen LogP contribution in [0.1, 0.15) is 62.0 Å². The molecule has 1 fully saturated rings. The molecular formula is C24H31FN2O5S. The van der Waals surface area contributed by atoms with Gasteiger partial charge in [0, 0.05) is 18.7 Å². The molecule has 0 spiro atoms. The van der Waals surface area contributed by atoms with Crippen LogP contribution in [0.2, 0.25) is 0 Å². The molecule has 1 N–H and O–H groups in total. The van der Waals surface area contributed by atoms with Crippen LogP contribution in [0.4, 0.5) is 4.39 Å². The van der Waals surface area contributed by atoms with Gasteiger partial charge in [0.05, 0.1) is 19.3 Å². The second-order valence-electron chi connectivity index (χ2n) is 7.88. The Balaban J connectivity index is 1.80. The summed E-state index contributed by atoms with van der Waals surface area (Å²) in [7, 11) is -4.00. The van der Waals surface area contributed by atoms with Crippen LogP contribution < -0.4 is 14.8 Å². The Hall–Kier alpha value is -2.65. The van der Waals surface area contributed by atoms with Crippen molar-refractivity contribution in [1.82, 2.24) is 9.62 Å². The van der Waals surface area contributed by atoms with E-state index in [4.69, 9.17) is 9.47 Å². The molecule has 0 bridgehead atoms. The summed E-state index contributed by atoms with van der Waals surface area (Å²) >= 11 is 0. The third-order valence-electron chi connectivity index (χ3n) is 5.54. The van der Waals surface area contributed by atoms with Crippen LogP contribution in [-0.4, -0.2) is 44.9 Å². The van der Waals surface area contributed by atoms with Crippen molar-refractivity contribution in [2.75, 3.05) is 26.3 Å². The second kappa shape index (κ2) is 11.0. The Kier molecular flexibility index (Phi) is 8.31. The van der Waals surface area contributed by atoms with E-state index in [1.54, 1.807) is 19.1 Å². The smallest absolute Gasteiger partial charge is 0.251 e. The summed E-state index contributed by atoms with van der Waals surface area (Å²) in [6.07, 6.45) is 2.43. The minimum Gasteiger partial charge on any atom is -0.490 e. The molecule has 1 aliphatic rings. The van der Waals surface area contributed by atoms with Crippen molar-refractivity contribution in [1.29, 1.82) is 0 Å². The maximum absolute atomic E-state index is 14.5. The fraction of sp³-hybridized carbons (Fsp3) is 0.458. The maximum atomic E-state index is 14.5. The topological polar surface area (TPSA) is 84.9 Å². The van der Waals surface area contributed by atoms with Gasteiger partial charge in [0.15, 0.2) is 11.5 Å². The van der Waals surface area contributed by atoms with Gasteiger partial charge >= 0.3 is 0 Å². The van der Waals surface area contributed by atoms with E-state index in [1.165, 1.54) is 10.4 Å². The zero-order valence-electron chi connectivity index (χ0n) is 19.3. The van der Waals surface area contributed by atoms with Gasteiger partial charge in [-0.25, -0.2) is 12.8 Å². The molecule has 0 radical (unpaired) electrons. The van der Waals surface area contributed by atoms with E-state index in [-0.39, 0.29) is 5.56 Å². The van der Waals surface area contributed by atoms with Gasteiger partial charge < -0.3 is 14.8 Å². The molecule has 0 unspecified atom stereocenters. The Morgan fingerprint density at radius 2 is 1.70 bits per heavy atom. The van der Waals surface area contributed by atoms with Gasteiger partial charge in [-0.05, 0) is 69.5 Å². The summed E-state index contributed by atoms with van der Waals surface area (Å²) in [6, 6.07) is 8.45. The lowest BCUT2D eigenvalue weighted by Gasteiger charge is -2.26. The Labute approximate surface area is 194 Å². The molecular weight excluding hydrogens is 447 g/mol. The number of carbonyl (C=O) groups is 1.